The average molecular weight is 272 g/mol. The second kappa shape index (κ2) is 6.98. The van der Waals surface area contributed by atoms with Gasteiger partial charge in [0.15, 0.2) is 6.61 Å². The van der Waals surface area contributed by atoms with Gasteiger partial charge in [0.2, 0.25) is 5.91 Å². The number of hydrogen-bond donors (Lipinski definition) is 2. The van der Waals surface area contributed by atoms with E-state index in [-0.39, 0.29) is 12.3 Å². The van der Waals surface area contributed by atoms with Crippen LogP contribution in [0.5, 0.6) is 0 Å². The molecule has 6 heteroatoms. The largest absolute Gasteiger partial charge is 0.479 e. The summed E-state index contributed by atoms with van der Waals surface area (Å²) in [6, 6.07) is 5.59. The molecule has 1 amide bonds. The van der Waals surface area contributed by atoms with Crippen LogP contribution in [0.15, 0.2) is 18.2 Å². The summed E-state index contributed by atoms with van der Waals surface area (Å²) in [5.74, 6) is -1.51. The maximum absolute atomic E-state index is 11.3. The number of hydrogen-bond acceptors (Lipinski definition) is 3. The van der Waals surface area contributed by atoms with Crippen LogP contribution in [-0.2, 0) is 20.8 Å². The van der Waals surface area contributed by atoms with Crippen molar-refractivity contribution in [2.75, 3.05) is 6.61 Å². The highest BCUT2D eigenvalue weighted by molar-refractivity contribution is 6.31. The van der Waals surface area contributed by atoms with Gasteiger partial charge in [0, 0.05) is 11.4 Å². The quantitative estimate of drug-likeness (QED) is 0.773. The highest BCUT2D eigenvalue weighted by Gasteiger charge is 2.05. The molecule has 0 aliphatic heterocycles. The first-order chi connectivity index (χ1) is 8.49. The number of carbonyl (C=O) groups is 2. The Bertz CT molecular complexity index is 448. The summed E-state index contributed by atoms with van der Waals surface area (Å²) in [5.41, 5.74) is 3.98. The van der Waals surface area contributed by atoms with Crippen molar-refractivity contribution in [2.24, 2.45) is 0 Å². The molecule has 5 nitrogen and oxygen atoms in total. The van der Waals surface area contributed by atoms with Crippen molar-refractivity contribution in [3.05, 3.63) is 34.3 Å². The molecule has 1 aromatic carbocycles. The minimum atomic E-state index is -1.14. The lowest BCUT2D eigenvalue weighted by Crippen LogP contribution is -2.26. The van der Waals surface area contributed by atoms with E-state index in [0.717, 1.165) is 11.1 Å². The molecule has 18 heavy (non-hydrogen) atoms. The normalized spacial score (nSPS) is 10.1. The molecular formula is C12H14ClNO4. The average Bonchev–Trinajstić information content (AvgIpc) is 2.30. The maximum Gasteiger partial charge on any atom is 0.332 e. The van der Waals surface area contributed by atoms with Crippen LogP contribution in [0.1, 0.15) is 17.5 Å². The first-order valence-electron chi connectivity index (χ1n) is 5.36. The van der Waals surface area contributed by atoms with Crippen LogP contribution in [0.4, 0.5) is 0 Å². The van der Waals surface area contributed by atoms with Crippen molar-refractivity contribution < 1.29 is 19.5 Å². The third-order valence-corrected chi connectivity index (χ3v) is 2.67. The molecule has 0 saturated carbocycles. The van der Waals surface area contributed by atoms with Crippen molar-refractivity contribution in [3.63, 3.8) is 0 Å². The summed E-state index contributed by atoms with van der Waals surface area (Å²) in [4.78, 5) is 25.9. The molecule has 98 valence electrons. The van der Waals surface area contributed by atoms with E-state index in [2.05, 4.69) is 10.3 Å². The molecule has 1 aromatic rings. The lowest BCUT2D eigenvalue weighted by Gasteiger charge is -2.05. The zero-order valence-electron chi connectivity index (χ0n) is 9.90. The summed E-state index contributed by atoms with van der Waals surface area (Å²) in [5, 5.41) is 8.96. The van der Waals surface area contributed by atoms with Crippen molar-refractivity contribution >= 4 is 23.5 Å². The zero-order chi connectivity index (χ0) is 13.5. The van der Waals surface area contributed by atoms with Crippen LogP contribution in [0.2, 0.25) is 5.02 Å². The lowest BCUT2D eigenvalue weighted by atomic mass is 10.1. The Kier molecular flexibility index (Phi) is 5.61. The van der Waals surface area contributed by atoms with Crippen molar-refractivity contribution in [1.29, 1.82) is 0 Å². The van der Waals surface area contributed by atoms with Gasteiger partial charge in [-0.3, -0.25) is 9.63 Å². The molecule has 0 saturated heterocycles. The number of aryl methyl sites for hydroxylation is 2. The fourth-order valence-corrected chi connectivity index (χ4v) is 1.48. The Hall–Kier alpha value is -1.59. The van der Waals surface area contributed by atoms with Gasteiger partial charge in [-0.15, -0.1) is 0 Å². The van der Waals surface area contributed by atoms with Crippen LogP contribution >= 0.6 is 11.6 Å². The Balaban J connectivity index is 2.33. The van der Waals surface area contributed by atoms with Gasteiger partial charge >= 0.3 is 5.97 Å². The van der Waals surface area contributed by atoms with Crippen molar-refractivity contribution in [1.82, 2.24) is 5.48 Å². The highest BCUT2D eigenvalue weighted by atomic mass is 35.5. The number of aliphatic carboxylic acids is 1. The molecule has 0 aliphatic carbocycles. The molecule has 0 heterocycles. The molecule has 2 N–H and O–H groups in total. The van der Waals surface area contributed by atoms with Gasteiger partial charge in [-0.1, -0.05) is 23.7 Å². The lowest BCUT2D eigenvalue weighted by molar-refractivity contribution is -0.149. The summed E-state index contributed by atoms with van der Waals surface area (Å²) in [7, 11) is 0. The standard InChI is InChI=1S/C12H14ClNO4/c1-8-2-3-9(6-10(8)13)4-5-11(15)14-18-7-12(16)17/h2-3,6H,4-5,7H2,1H3,(H,14,15)(H,16,17). The predicted octanol–water partition coefficient (Wildman–Crippen LogP) is 1.71. The summed E-state index contributed by atoms with van der Waals surface area (Å²) < 4.78 is 0. The van der Waals surface area contributed by atoms with Gasteiger partial charge in [0.25, 0.3) is 0 Å². The molecule has 0 spiro atoms. The van der Waals surface area contributed by atoms with E-state index in [4.69, 9.17) is 16.7 Å². The molecular weight excluding hydrogens is 258 g/mol. The first kappa shape index (κ1) is 14.5. The summed E-state index contributed by atoms with van der Waals surface area (Å²) >= 11 is 5.96. The second-order valence-electron chi connectivity index (χ2n) is 3.79. The molecule has 0 bridgehead atoms. The minimum Gasteiger partial charge on any atom is -0.479 e. The number of nitrogens with one attached hydrogen (secondary N) is 1. The van der Waals surface area contributed by atoms with E-state index in [1.807, 2.05) is 25.1 Å². The maximum atomic E-state index is 11.3. The molecule has 0 aliphatic rings. The van der Waals surface area contributed by atoms with Crippen LogP contribution < -0.4 is 5.48 Å². The number of carboxylic acid groups (broad SMARTS) is 1. The topological polar surface area (TPSA) is 75.6 Å². The Morgan fingerprint density at radius 1 is 1.44 bits per heavy atom. The van der Waals surface area contributed by atoms with Gasteiger partial charge in [-0.25, -0.2) is 10.3 Å². The molecule has 0 fully saturated rings. The number of carboxylic acids is 1. The van der Waals surface area contributed by atoms with Gasteiger partial charge in [0.1, 0.15) is 0 Å². The van der Waals surface area contributed by atoms with Gasteiger partial charge in [-0.2, -0.15) is 0 Å². The molecule has 1 rings (SSSR count). The van der Waals surface area contributed by atoms with E-state index in [0.29, 0.717) is 11.4 Å². The van der Waals surface area contributed by atoms with Crippen molar-refractivity contribution in [2.45, 2.75) is 19.8 Å². The molecule has 0 aromatic heterocycles. The van der Waals surface area contributed by atoms with Gasteiger partial charge < -0.3 is 5.11 Å². The highest BCUT2D eigenvalue weighted by Crippen LogP contribution is 2.17. The Labute approximate surface area is 110 Å². The fraction of sp³-hybridized carbons (Fsp3) is 0.333. The van der Waals surface area contributed by atoms with Crippen LogP contribution in [0.25, 0.3) is 0 Å². The third-order valence-electron chi connectivity index (χ3n) is 2.26. The van der Waals surface area contributed by atoms with Crippen molar-refractivity contribution in [3.8, 4) is 0 Å². The minimum absolute atomic E-state index is 0.207. The number of carbonyl (C=O) groups excluding carboxylic acids is 1. The van der Waals surface area contributed by atoms with E-state index in [1.54, 1.807) is 0 Å². The van der Waals surface area contributed by atoms with E-state index >= 15 is 0 Å². The number of benzene rings is 1. The molecule has 0 atom stereocenters. The number of hydroxylamine groups is 1. The van der Waals surface area contributed by atoms with E-state index in [1.165, 1.54) is 0 Å². The predicted molar refractivity (Wildman–Crippen MR) is 66.2 cm³/mol. The number of rotatable bonds is 6. The Morgan fingerprint density at radius 2 is 2.17 bits per heavy atom. The number of halogens is 1. The number of amides is 1. The first-order valence-corrected chi connectivity index (χ1v) is 5.74. The monoisotopic (exact) mass is 271 g/mol. The summed E-state index contributed by atoms with van der Waals surface area (Å²) in [6.07, 6.45) is 0.723. The molecule has 0 radical (unpaired) electrons. The van der Waals surface area contributed by atoms with E-state index in [9.17, 15) is 9.59 Å². The second-order valence-corrected chi connectivity index (χ2v) is 4.20. The van der Waals surface area contributed by atoms with E-state index < -0.39 is 12.6 Å². The third kappa shape index (κ3) is 5.16. The fourth-order valence-electron chi connectivity index (χ4n) is 1.28. The van der Waals surface area contributed by atoms with Gasteiger partial charge in [-0.05, 0) is 30.5 Å². The smallest absolute Gasteiger partial charge is 0.332 e. The van der Waals surface area contributed by atoms with Crippen LogP contribution in [0, 0.1) is 6.92 Å². The SMILES string of the molecule is Cc1ccc(CCC(=O)NOCC(=O)O)cc1Cl. The van der Waals surface area contributed by atoms with Gasteiger partial charge in [0.05, 0.1) is 0 Å². The summed E-state index contributed by atoms with van der Waals surface area (Å²) in [6.45, 7) is 1.35. The van der Waals surface area contributed by atoms with Crippen LogP contribution in [-0.4, -0.2) is 23.6 Å². The molecule has 0 unspecified atom stereocenters. The Morgan fingerprint density at radius 3 is 2.78 bits per heavy atom. The van der Waals surface area contributed by atoms with Crippen LogP contribution in [0.3, 0.4) is 0 Å². The zero-order valence-corrected chi connectivity index (χ0v) is 10.7.